The third-order valence-corrected chi connectivity index (χ3v) is 4.18. The van der Waals surface area contributed by atoms with Gasteiger partial charge in [0.25, 0.3) is 5.91 Å². The van der Waals surface area contributed by atoms with Crippen LogP contribution in [-0.2, 0) is 6.54 Å². The van der Waals surface area contributed by atoms with Gasteiger partial charge in [-0.25, -0.2) is 0 Å². The van der Waals surface area contributed by atoms with Crippen molar-refractivity contribution in [1.29, 1.82) is 0 Å². The molecule has 0 bridgehead atoms. The highest BCUT2D eigenvalue weighted by Gasteiger charge is 2.24. The molecule has 0 unspecified atom stereocenters. The number of carbonyl (C=O) groups excluding carboxylic acids is 1. The van der Waals surface area contributed by atoms with Gasteiger partial charge in [-0.3, -0.25) is 9.69 Å². The fourth-order valence-electron chi connectivity index (χ4n) is 2.96. The van der Waals surface area contributed by atoms with Crippen molar-refractivity contribution in [3.05, 3.63) is 59.0 Å². The van der Waals surface area contributed by atoms with E-state index in [9.17, 15) is 4.79 Å². The number of amides is 1. The normalized spacial score (nSPS) is 16.0. The Morgan fingerprint density at radius 1 is 1.09 bits per heavy atom. The van der Waals surface area contributed by atoms with Crippen LogP contribution in [0.15, 0.2) is 40.8 Å². The van der Waals surface area contributed by atoms with Crippen LogP contribution >= 0.6 is 0 Å². The van der Waals surface area contributed by atoms with Gasteiger partial charge in [-0.1, -0.05) is 30.3 Å². The highest BCUT2D eigenvalue weighted by atomic mass is 16.3. The fraction of sp³-hybridized carbons (Fsp3) is 0.389. The number of piperazine rings is 1. The number of aryl methyl sites for hydroxylation is 2. The van der Waals surface area contributed by atoms with Crippen LogP contribution in [-0.4, -0.2) is 41.9 Å². The fourth-order valence-corrected chi connectivity index (χ4v) is 2.96. The molecule has 0 saturated carbocycles. The molecule has 4 heteroatoms. The van der Waals surface area contributed by atoms with Gasteiger partial charge in [0.15, 0.2) is 0 Å². The van der Waals surface area contributed by atoms with Gasteiger partial charge in [-0.05, 0) is 25.5 Å². The second kappa shape index (κ2) is 6.36. The maximum atomic E-state index is 12.5. The molecule has 0 aliphatic carbocycles. The van der Waals surface area contributed by atoms with Crippen molar-refractivity contribution in [2.45, 2.75) is 20.4 Å². The smallest absolute Gasteiger partial charge is 0.257 e. The van der Waals surface area contributed by atoms with Crippen LogP contribution in [0.5, 0.6) is 0 Å². The largest absolute Gasteiger partial charge is 0.466 e. The van der Waals surface area contributed by atoms with Crippen molar-refractivity contribution >= 4 is 5.91 Å². The van der Waals surface area contributed by atoms with E-state index in [4.69, 9.17) is 4.42 Å². The SMILES string of the molecule is Cc1cc(C(=O)N2CCN(Cc3ccccc3)CC2)c(C)o1. The topological polar surface area (TPSA) is 36.7 Å². The summed E-state index contributed by atoms with van der Waals surface area (Å²) in [6, 6.07) is 12.3. The van der Waals surface area contributed by atoms with Crippen molar-refractivity contribution in [2.24, 2.45) is 0 Å². The number of benzene rings is 1. The van der Waals surface area contributed by atoms with Gasteiger partial charge in [0.2, 0.25) is 0 Å². The zero-order valence-corrected chi connectivity index (χ0v) is 13.2. The van der Waals surface area contributed by atoms with Gasteiger partial charge in [0.1, 0.15) is 11.5 Å². The maximum Gasteiger partial charge on any atom is 0.257 e. The van der Waals surface area contributed by atoms with Gasteiger partial charge < -0.3 is 9.32 Å². The quantitative estimate of drug-likeness (QED) is 0.874. The minimum atomic E-state index is 0.0914. The van der Waals surface area contributed by atoms with Crippen LogP contribution in [0.1, 0.15) is 27.4 Å². The number of hydrogen-bond donors (Lipinski definition) is 0. The average molecular weight is 298 g/mol. The molecule has 1 fully saturated rings. The van der Waals surface area contributed by atoms with Crippen LogP contribution in [0.25, 0.3) is 0 Å². The van der Waals surface area contributed by atoms with Crippen LogP contribution < -0.4 is 0 Å². The molecule has 22 heavy (non-hydrogen) atoms. The first-order chi connectivity index (χ1) is 10.6. The van der Waals surface area contributed by atoms with Crippen LogP contribution in [0.4, 0.5) is 0 Å². The van der Waals surface area contributed by atoms with E-state index >= 15 is 0 Å². The van der Waals surface area contributed by atoms with E-state index in [0.717, 1.165) is 38.5 Å². The third-order valence-electron chi connectivity index (χ3n) is 4.18. The standard InChI is InChI=1S/C18H22N2O2/c1-14-12-17(15(2)22-14)18(21)20-10-8-19(9-11-20)13-16-6-4-3-5-7-16/h3-7,12H,8-11,13H2,1-2H3. The minimum Gasteiger partial charge on any atom is -0.466 e. The minimum absolute atomic E-state index is 0.0914. The summed E-state index contributed by atoms with van der Waals surface area (Å²) < 4.78 is 5.47. The molecule has 116 valence electrons. The van der Waals surface area contributed by atoms with Gasteiger partial charge >= 0.3 is 0 Å². The van der Waals surface area contributed by atoms with E-state index in [0.29, 0.717) is 11.3 Å². The third kappa shape index (κ3) is 3.22. The van der Waals surface area contributed by atoms with Gasteiger partial charge in [0.05, 0.1) is 5.56 Å². The van der Waals surface area contributed by atoms with Crippen molar-refractivity contribution in [2.75, 3.05) is 26.2 Å². The molecule has 1 aromatic carbocycles. The predicted octanol–water partition coefficient (Wildman–Crippen LogP) is 2.85. The van der Waals surface area contributed by atoms with E-state index < -0.39 is 0 Å². The second-order valence-electron chi connectivity index (χ2n) is 5.88. The summed E-state index contributed by atoms with van der Waals surface area (Å²) in [6.45, 7) is 8.05. The monoisotopic (exact) mass is 298 g/mol. The van der Waals surface area contributed by atoms with Crippen LogP contribution in [0.2, 0.25) is 0 Å². The Labute approximate surface area is 131 Å². The Morgan fingerprint density at radius 3 is 2.36 bits per heavy atom. The van der Waals surface area contributed by atoms with E-state index in [2.05, 4.69) is 29.2 Å². The molecule has 1 aliphatic rings. The van der Waals surface area contributed by atoms with E-state index in [1.807, 2.05) is 30.9 Å². The molecule has 0 spiro atoms. The molecule has 0 radical (unpaired) electrons. The summed E-state index contributed by atoms with van der Waals surface area (Å²) in [5.74, 6) is 1.60. The lowest BCUT2D eigenvalue weighted by molar-refractivity contribution is 0.0627. The number of carbonyl (C=O) groups is 1. The molecule has 1 aliphatic heterocycles. The Morgan fingerprint density at radius 2 is 1.77 bits per heavy atom. The lowest BCUT2D eigenvalue weighted by Crippen LogP contribution is -2.48. The summed E-state index contributed by atoms with van der Waals surface area (Å²) in [5, 5.41) is 0. The van der Waals surface area contributed by atoms with Crippen molar-refractivity contribution < 1.29 is 9.21 Å². The Bertz CT molecular complexity index is 640. The lowest BCUT2D eigenvalue weighted by atomic mass is 10.1. The molecule has 2 heterocycles. The molecule has 3 rings (SSSR count). The highest BCUT2D eigenvalue weighted by molar-refractivity contribution is 5.95. The average Bonchev–Trinajstić information content (AvgIpc) is 2.87. The Hall–Kier alpha value is -2.07. The number of hydrogen-bond acceptors (Lipinski definition) is 3. The maximum absolute atomic E-state index is 12.5. The summed E-state index contributed by atoms with van der Waals surface area (Å²) >= 11 is 0. The summed E-state index contributed by atoms with van der Waals surface area (Å²) in [7, 11) is 0. The lowest BCUT2D eigenvalue weighted by Gasteiger charge is -2.34. The van der Waals surface area contributed by atoms with Crippen molar-refractivity contribution in [3.8, 4) is 0 Å². The number of rotatable bonds is 3. The molecule has 0 atom stereocenters. The molecular weight excluding hydrogens is 276 g/mol. The summed E-state index contributed by atoms with van der Waals surface area (Å²) in [4.78, 5) is 16.9. The predicted molar refractivity (Wildman–Crippen MR) is 85.8 cm³/mol. The molecule has 4 nitrogen and oxygen atoms in total. The zero-order valence-electron chi connectivity index (χ0n) is 13.2. The summed E-state index contributed by atoms with van der Waals surface area (Å²) in [6.07, 6.45) is 0. The molecular formula is C18H22N2O2. The first-order valence-electron chi connectivity index (χ1n) is 7.76. The van der Waals surface area contributed by atoms with Crippen LogP contribution in [0, 0.1) is 13.8 Å². The van der Waals surface area contributed by atoms with Crippen LogP contribution in [0.3, 0.4) is 0 Å². The molecule has 1 amide bonds. The van der Waals surface area contributed by atoms with Crippen molar-refractivity contribution in [3.63, 3.8) is 0 Å². The molecule has 2 aromatic rings. The van der Waals surface area contributed by atoms with Gasteiger partial charge in [0, 0.05) is 32.7 Å². The Kier molecular flexibility index (Phi) is 4.29. The molecule has 1 saturated heterocycles. The van der Waals surface area contributed by atoms with Crippen molar-refractivity contribution in [1.82, 2.24) is 9.80 Å². The van der Waals surface area contributed by atoms with E-state index in [1.165, 1.54) is 5.56 Å². The number of furan rings is 1. The van der Waals surface area contributed by atoms with Gasteiger partial charge in [-0.2, -0.15) is 0 Å². The van der Waals surface area contributed by atoms with E-state index in [1.54, 1.807) is 0 Å². The zero-order chi connectivity index (χ0) is 15.5. The Balaban J connectivity index is 1.57. The highest BCUT2D eigenvalue weighted by Crippen LogP contribution is 2.17. The number of nitrogens with zero attached hydrogens (tertiary/aromatic N) is 2. The second-order valence-corrected chi connectivity index (χ2v) is 5.88. The molecule has 1 aromatic heterocycles. The molecule has 0 N–H and O–H groups in total. The summed E-state index contributed by atoms with van der Waals surface area (Å²) in [5.41, 5.74) is 2.03. The first kappa shape index (κ1) is 14.9. The van der Waals surface area contributed by atoms with E-state index in [-0.39, 0.29) is 5.91 Å². The first-order valence-corrected chi connectivity index (χ1v) is 7.76. The van der Waals surface area contributed by atoms with Gasteiger partial charge in [-0.15, -0.1) is 0 Å².